The van der Waals surface area contributed by atoms with Gasteiger partial charge in [-0.15, -0.1) is 0 Å². The molecule has 0 aromatic carbocycles. The molecule has 0 radical (unpaired) electrons. The topological polar surface area (TPSA) is 59.4 Å². The molecular formula is C11H20N4O. The van der Waals surface area contributed by atoms with E-state index >= 15 is 0 Å². The maximum absolute atomic E-state index is 11.9. The summed E-state index contributed by atoms with van der Waals surface area (Å²) in [7, 11) is 1.80. The minimum Gasteiger partial charge on any atom is -0.342 e. The quantitative estimate of drug-likeness (QED) is 0.712. The predicted molar refractivity (Wildman–Crippen MR) is 61.7 cm³/mol. The van der Waals surface area contributed by atoms with E-state index in [4.69, 9.17) is 5.26 Å². The molecule has 1 fully saturated rings. The van der Waals surface area contributed by atoms with Crippen LogP contribution < -0.4 is 5.32 Å². The van der Waals surface area contributed by atoms with Gasteiger partial charge in [-0.25, -0.2) is 0 Å². The van der Waals surface area contributed by atoms with Crippen molar-refractivity contribution in [3.8, 4) is 6.07 Å². The first-order valence-electron chi connectivity index (χ1n) is 5.66. The molecule has 1 aliphatic rings. The van der Waals surface area contributed by atoms with E-state index in [0.29, 0.717) is 13.1 Å². The number of amides is 1. The second-order valence-electron chi connectivity index (χ2n) is 4.42. The molecule has 5 nitrogen and oxygen atoms in total. The van der Waals surface area contributed by atoms with Crippen LogP contribution in [0.25, 0.3) is 0 Å². The molecule has 90 valence electrons. The van der Waals surface area contributed by atoms with Crippen LogP contribution in [0.2, 0.25) is 0 Å². The van der Waals surface area contributed by atoms with Gasteiger partial charge < -0.3 is 10.2 Å². The number of nitrogens with one attached hydrogen (secondary N) is 1. The van der Waals surface area contributed by atoms with Crippen LogP contribution in [0.15, 0.2) is 0 Å². The monoisotopic (exact) mass is 224 g/mol. The summed E-state index contributed by atoms with van der Waals surface area (Å²) in [4.78, 5) is 15.5. The minimum atomic E-state index is -0.182. The van der Waals surface area contributed by atoms with E-state index in [2.05, 4.69) is 11.4 Å². The van der Waals surface area contributed by atoms with Gasteiger partial charge in [0.15, 0.2) is 0 Å². The van der Waals surface area contributed by atoms with E-state index in [1.54, 1.807) is 11.9 Å². The van der Waals surface area contributed by atoms with Crippen LogP contribution in [0, 0.1) is 11.3 Å². The number of nitrogens with zero attached hydrogens (tertiary/aromatic N) is 3. The Morgan fingerprint density at radius 1 is 1.69 bits per heavy atom. The Morgan fingerprint density at radius 2 is 2.38 bits per heavy atom. The number of carbonyl (C=O) groups excluding carboxylic acids is 1. The molecule has 1 aliphatic heterocycles. The van der Waals surface area contributed by atoms with E-state index in [1.807, 2.05) is 18.7 Å². The molecular weight excluding hydrogens is 204 g/mol. The van der Waals surface area contributed by atoms with Gasteiger partial charge in [-0.1, -0.05) is 0 Å². The molecule has 5 heteroatoms. The van der Waals surface area contributed by atoms with Crippen molar-refractivity contribution in [2.45, 2.75) is 25.9 Å². The predicted octanol–water partition coefficient (Wildman–Crippen LogP) is -0.349. The zero-order valence-electron chi connectivity index (χ0n) is 10.2. The van der Waals surface area contributed by atoms with Crippen LogP contribution in [0.4, 0.5) is 0 Å². The molecule has 0 spiro atoms. The molecule has 0 bridgehead atoms. The fourth-order valence-corrected chi connectivity index (χ4v) is 1.64. The Labute approximate surface area is 97.0 Å². The van der Waals surface area contributed by atoms with Gasteiger partial charge in [-0.2, -0.15) is 5.26 Å². The molecule has 0 aliphatic carbocycles. The van der Waals surface area contributed by atoms with Gasteiger partial charge in [0, 0.05) is 32.7 Å². The number of hydrogen-bond acceptors (Lipinski definition) is 4. The molecule has 1 N–H and O–H groups in total. The van der Waals surface area contributed by atoms with Crippen molar-refractivity contribution in [1.82, 2.24) is 15.1 Å². The molecule has 1 unspecified atom stereocenters. The van der Waals surface area contributed by atoms with Crippen molar-refractivity contribution in [1.29, 1.82) is 5.26 Å². The number of carbonyl (C=O) groups is 1. The van der Waals surface area contributed by atoms with Crippen molar-refractivity contribution in [3.05, 3.63) is 0 Å². The zero-order valence-corrected chi connectivity index (χ0v) is 10.2. The van der Waals surface area contributed by atoms with Crippen molar-refractivity contribution in [3.63, 3.8) is 0 Å². The van der Waals surface area contributed by atoms with Crippen LogP contribution in [0.1, 0.15) is 13.8 Å². The average Bonchev–Trinajstić information content (AvgIpc) is 2.28. The largest absolute Gasteiger partial charge is 0.342 e. The third-order valence-corrected chi connectivity index (χ3v) is 3.01. The highest BCUT2D eigenvalue weighted by atomic mass is 16.2. The minimum absolute atomic E-state index is 0.0807. The molecule has 1 amide bonds. The standard InChI is InChI=1S/C11H20N4O/c1-9(2)14(3)11(16)8-15-5-4-13-7-10(15)6-12/h9-10,13H,4-5,7-8H2,1-3H3. The van der Waals surface area contributed by atoms with E-state index in [0.717, 1.165) is 13.1 Å². The van der Waals surface area contributed by atoms with Gasteiger partial charge in [-0.05, 0) is 13.8 Å². The Kier molecular flexibility index (Phi) is 4.71. The van der Waals surface area contributed by atoms with Gasteiger partial charge >= 0.3 is 0 Å². The smallest absolute Gasteiger partial charge is 0.236 e. The molecule has 0 aromatic rings. The Balaban J connectivity index is 2.52. The van der Waals surface area contributed by atoms with Crippen molar-refractivity contribution in [2.24, 2.45) is 0 Å². The van der Waals surface area contributed by atoms with Gasteiger partial charge in [0.25, 0.3) is 0 Å². The van der Waals surface area contributed by atoms with E-state index in [-0.39, 0.29) is 18.0 Å². The van der Waals surface area contributed by atoms with Crippen LogP contribution in [0.5, 0.6) is 0 Å². The lowest BCUT2D eigenvalue weighted by molar-refractivity contribution is -0.133. The second kappa shape index (κ2) is 5.83. The van der Waals surface area contributed by atoms with Gasteiger partial charge in [0.05, 0.1) is 12.6 Å². The number of piperazine rings is 1. The van der Waals surface area contributed by atoms with Crippen molar-refractivity contribution < 1.29 is 4.79 Å². The highest BCUT2D eigenvalue weighted by Gasteiger charge is 2.25. The summed E-state index contributed by atoms with van der Waals surface area (Å²) < 4.78 is 0. The number of hydrogen-bond donors (Lipinski definition) is 1. The fourth-order valence-electron chi connectivity index (χ4n) is 1.64. The van der Waals surface area contributed by atoms with Crippen molar-refractivity contribution >= 4 is 5.91 Å². The fraction of sp³-hybridized carbons (Fsp3) is 0.818. The molecule has 1 rings (SSSR count). The highest BCUT2D eigenvalue weighted by molar-refractivity contribution is 5.78. The summed E-state index contributed by atoms with van der Waals surface area (Å²) in [5, 5.41) is 12.1. The van der Waals surface area contributed by atoms with Crippen LogP contribution in [0.3, 0.4) is 0 Å². The molecule has 16 heavy (non-hydrogen) atoms. The van der Waals surface area contributed by atoms with Crippen LogP contribution >= 0.6 is 0 Å². The Bertz CT molecular complexity index is 284. The van der Waals surface area contributed by atoms with E-state index in [9.17, 15) is 4.79 Å². The normalized spacial score (nSPS) is 21.8. The SMILES string of the molecule is CC(C)N(C)C(=O)CN1CCNCC1C#N. The molecule has 0 aromatic heterocycles. The second-order valence-corrected chi connectivity index (χ2v) is 4.42. The molecule has 1 atom stereocenters. The Morgan fingerprint density at radius 3 is 2.94 bits per heavy atom. The first kappa shape index (κ1) is 12.9. The summed E-state index contributed by atoms with van der Waals surface area (Å²) in [6.45, 7) is 6.56. The van der Waals surface area contributed by atoms with Crippen LogP contribution in [-0.2, 0) is 4.79 Å². The molecule has 1 saturated heterocycles. The molecule has 0 saturated carbocycles. The summed E-state index contributed by atoms with van der Waals surface area (Å²) >= 11 is 0. The zero-order chi connectivity index (χ0) is 12.1. The van der Waals surface area contributed by atoms with Crippen LogP contribution in [-0.4, -0.2) is 61.0 Å². The lowest BCUT2D eigenvalue weighted by Crippen LogP contribution is -2.54. The highest BCUT2D eigenvalue weighted by Crippen LogP contribution is 2.04. The first-order valence-corrected chi connectivity index (χ1v) is 5.66. The molecule has 1 heterocycles. The van der Waals surface area contributed by atoms with Gasteiger partial charge in [0.1, 0.15) is 6.04 Å². The number of rotatable bonds is 3. The average molecular weight is 224 g/mol. The van der Waals surface area contributed by atoms with Gasteiger partial charge in [-0.3, -0.25) is 9.69 Å². The van der Waals surface area contributed by atoms with Crippen molar-refractivity contribution in [2.75, 3.05) is 33.2 Å². The third-order valence-electron chi connectivity index (χ3n) is 3.01. The first-order chi connectivity index (χ1) is 7.56. The summed E-state index contributed by atoms with van der Waals surface area (Å²) in [5.41, 5.74) is 0. The maximum Gasteiger partial charge on any atom is 0.236 e. The lowest BCUT2D eigenvalue weighted by atomic mass is 10.2. The Hall–Kier alpha value is -1.12. The summed E-state index contributed by atoms with van der Waals surface area (Å²) in [5.74, 6) is 0.0807. The summed E-state index contributed by atoms with van der Waals surface area (Å²) in [6, 6.07) is 2.24. The number of nitriles is 1. The third kappa shape index (κ3) is 3.19. The maximum atomic E-state index is 11.9. The van der Waals surface area contributed by atoms with E-state index < -0.39 is 0 Å². The number of likely N-dealkylation sites (N-methyl/N-ethyl adjacent to an activating group) is 1. The summed E-state index contributed by atoms with van der Waals surface area (Å²) in [6.07, 6.45) is 0. The van der Waals surface area contributed by atoms with Gasteiger partial charge in [0.2, 0.25) is 5.91 Å². The van der Waals surface area contributed by atoms with E-state index in [1.165, 1.54) is 0 Å². The lowest BCUT2D eigenvalue weighted by Gasteiger charge is -2.33.